The summed E-state index contributed by atoms with van der Waals surface area (Å²) in [5.41, 5.74) is 9.52. The molecule has 2 aromatic carbocycles. The summed E-state index contributed by atoms with van der Waals surface area (Å²) >= 11 is 12.4. The van der Waals surface area contributed by atoms with Crippen LogP contribution in [0.5, 0.6) is 5.75 Å². The zero-order chi connectivity index (χ0) is 14.1. The minimum atomic E-state index is -0.127. The first-order valence-electron chi connectivity index (χ1n) is 6.59. The minimum Gasteiger partial charge on any atom is -0.493 e. The predicted octanol–water partition coefficient (Wildman–Crippen LogP) is 4.17. The second-order valence-corrected chi connectivity index (χ2v) is 5.79. The molecule has 1 unspecified atom stereocenters. The fourth-order valence-electron chi connectivity index (χ4n) is 2.50. The Bertz CT molecular complexity index is 622. The first kappa shape index (κ1) is 13.7. The number of rotatable bonds is 3. The lowest BCUT2D eigenvalue weighted by Gasteiger charge is -2.15. The lowest BCUT2D eigenvalue weighted by molar-refractivity contribution is 0.357. The molecule has 0 bridgehead atoms. The lowest BCUT2D eigenvalue weighted by atomic mass is 9.97. The molecule has 0 saturated heterocycles. The Morgan fingerprint density at radius 3 is 2.65 bits per heavy atom. The van der Waals surface area contributed by atoms with Crippen LogP contribution in [0.4, 0.5) is 0 Å². The molecule has 2 N–H and O–H groups in total. The number of nitrogens with two attached hydrogens (primary N) is 1. The summed E-state index contributed by atoms with van der Waals surface area (Å²) in [5.74, 6) is 0.969. The van der Waals surface area contributed by atoms with E-state index in [1.54, 1.807) is 0 Å². The van der Waals surface area contributed by atoms with Crippen LogP contribution < -0.4 is 10.5 Å². The van der Waals surface area contributed by atoms with E-state index >= 15 is 0 Å². The second-order valence-electron chi connectivity index (χ2n) is 4.98. The Balaban J connectivity index is 1.84. The molecule has 104 valence electrons. The van der Waals surface area contributed by atoms with Gasteiger partial charge in [0.1, 0.15) is 5.75 Å². The molecule has 0 fully saturated rings. The molecule has 2 nitrogen and oxygen atoms in total. The van der Waals surface area contributed by atoms with Gasteiger partial charge in [-0.25, -0.2) is 0 Å². The highest BCUT2D eigenvalue weighted by molar-refractivity contribution is 6.36. The third-order valence-corrected chi connectivity index (χ3v) is 4.34. The van der Waals surface area contributed by atoms with Gasteiger partial charge in [-0.05, 0) is 41.3 Å². The number of hydrogen-bond donors (Lipinski definition) is 1. The first-order valence-corrected chi connectivity index (χ1v) is 7.35. The van der Waals surface area contributed by atoms with Crippen LogP contribution in [0.3, 0.4) is 0 Å². The monoisotopic (exact) mass is 307 g/mol. The van der Waals surface area contributed by atoms with Gasteiger partial charge in [-0.1, -0.05) is 41.4 Å². The predicted molar refractivity (Wildman–Crippen MR) is 82.7 cm³/mol. The summed E-state index contributed by atoms with van der Waals surface area (Å²) in [6.45, 7) is 0.754. The van der Waals surface area contributed by atoms with Crippen LogP contribution in [0.1, 0.15) is 22.7 Å². The molecule has 1 atom stereocenters. The average Bonchev–Trinajstić information content (AvgIpc) is 2.90. The maximum Gasteiger partial charge on any atom is 0.122 e. The van der Waals surface area contributed by atoms with E-state index in [9.17, 15) is 0 Å². The van der Waals surface area contributed by atoms with Crippen LogP contribution in [0.2, 0.25) is 10.0 Å². The van der Waals surface area contributed by atoms with Gasteiger partial charge >= 0.3 is 0 Å². The molecule has 3 rings (SSSR count). The highest BCUT2D eigenvalue weighted by atomic mass is 35.5. The Morgan fingerprint density at radius 2 is 1.90 bits per heavy atom. The Labute approximate surface area is 128 Å². The maximum atomic E-state index is 6.30. The summed E-state index contributed by atoms with van der Waals surface area (Å²) in [7, 11) is 0. The molecule has 1 heterocycles. The summed E-state index contributed by atoms with van der Waals surface area (Å²) in [4.78, 5) is 0. The Morgan fingerprint density at radius 1 is 1.15 bits per heavy atom. The van der Waals surface area contributed by atoms with Gasteiger partial charge in [0.2, 0.25) is 0 Å². The summed E-state index contributed by atoms with van der Waals surface area (Å²) in [6.07, 6.45) is 1.57. The summed E-state index contributed by atoms with van der Waals surface area (Å²) < 4.78 is 5.51. The van der Waals surface area contributed by atoms with Crippen molar-refractivity contribution < 1.29 is 4.74 Å². The molecule has 0 aliphatic carbocycles. The summed E-state index contributed by atoms with van der Waals surface area (Å²) in [6, 6.07) is 11.5. The molecule has 4 heteroatoms. The number of halogens is 2. The molecule has 0 spiro atoms. The molecule has 1 aliphatic heterocycles. The fourth-order valence-corrected chi connectivity index (χ4v) is 3.05. The van der Waals surface area contributed by atoms with E-state index in [0.717, 1.165) is 29.9 Å². The lowest BCUT2D eigenvalue weighted by Crippen LogP contribution is -2.14. The quantitative estimate of drug-likeness (QED) is 0.923. The van der Waals surface area contributed by atoms with Crippen LogP contribution >= 0.6 is 23.2 Å². The van der Waals surface area contributed by atoms with Gasteiger partial charge in [0, 0.05) is 22.5 Å². The Kier molecular flexibility index (Phi) is 3.88. The van der Waals surface area contributed by atoms with Crippen molar-refractivity contribution in [3.63, 3.8) is 0 Å². The van der Waals surface area contributed by atoms with Crippen LogP contribution in [-0.2, 0) is 12.8 Å². The van der Waals surface area contributed by atoms with Crippen molar-refractivity contribution in [2.24, 2.45) is 5.73 Å². The van der Waals surface area contributed by atoms with E-state index < -0.39 is 0 Å². The van der Waals surface area contributed by atoms with Gasteiger partial charge < -0.3 is 10.5 Å². The molecular formula is C16H15Cl2NO. The topological polar surface area (TPSA) is 35.2 Å². The van der Waals surface area contributed by atoms with Crippen molar-refractivity contribution in [1.29, 1.82) is 0 Å². The zero-order valence-electron chi connectivity index (χ0n) is 10.9. The van der Waals surface area contributed by atoms with Crippen LogP contribution in [0.25, 0.3) is 0 Å². The second kappa shape index (κ2) is 5.65. The number of benzene rings is 2. The van der Waals surface area contributed by atoms with Crippen LogP contribution in [0.15, 0.2) is 36.4 Å². The van der Waals surface area contributed by atoms with E-state index in [-0.39, 0.29) is 6.04 Å². The van der Waals surface area contributed by atoms with Gasteiger partial charge in [0.15, 0.2) is 0 Å². The zero-order valence-corrected chi connectivity index (χ0v) is 12.4. The highest BCUT2D eigenvalue weighted by Gasteiger charge is 2.16. The molecule has 20 heavy (non-hydrogen) atoms. The SMILES string of the molecule is NC(Cc1c(Cl)cccc1Cl)c1ccc2c(c1)CCO2. The average molecular weight is 308 g/mol. The van der Waals surface area contributed by atoms with E-state index in [1.807, 2.05) is 30.3 Å². The number of fused-ring (bicyclic) bond motifs is 1. The van der Waals surface area contributed by atoms with Gasteiger partial charge in [-0.3, -0.25) is 0 Å². The van der Waals surface area contributed by atoms with Gasteiger partial charge in [0.25, 0.3) is 0 Å². The number of ether oxygens (including phenoxy) is 1. The highest BCUT2D eigenvalue weighted by Crippen LogP contribution is 2.31. The molecule has 2 aromatic rings. The molecule has 0 saturated carbocycles. The first-order chi connectivity index (χ1) is 9.65. The minimum absolute atomic E-state index is 0.127. The van der Waals surface area contributed by atoms with Crippen molar-refractivity contribution in [2.45, 2.75) is 18.9 Å². The van der Waals surface area contributed by atoms with Gasteiger partial charge in [-0.2, -0.15) is 0 Å². The third kappa shape index (κ3) is 2.64. The van der Waals surface area contributed by atoms with Crippen molar-refractivity contribution >= 4 is 23.2 Å². The van der Waals surface area contributed by atoms with E-state index in [1.165, 1.54) is 5.56 Å². The normalized spacial score (nSPS) is 14.8. The van der Waals surface area contributed by atoms with Crippen molar-refractivity contribution in [3.05, 3.63) is 63.1 Å². The third-order valence-electron chi connectivity index (χ3n) is 3.63. The van der Waals surface area contributed by atoms with E-state index in [2.05, 4.69) is 6.07 Å². The standard InChI is InChI=1S/C16H15Cl2NO/c17-13-2-1-3-14(18)12(13)9-15(19)10-4-5-16-11(8-10)6-7-20-16/h1-5,8,15H,6-7,9,19H2. The fraction of sp³-hybridized carbons (Fsp3) is 0.250. The molecule has 0 amide bonds. The smallest absolute Gasteiger partial charge is 0.122 e. The molecular weight excluding hydrogens is 293 g/mol. The molecule has 0 aromatic heterocycles. The molecule has 1 aliphatic rings. The maximum absolute atomic E-state index is 6.30. The van der Waals surface area contributed by atoms with Crippen molar-refractivity contribution in [3.8, 4) is 5.75 Å². The van der Waals surface area contributed by atoms with Crippen LogP contribution in [0, 0.1) is 0 Å². The molecule has 0 radical (unpaired) electrons. The van der Waals surface area contributed by atoms with Crippen LogP contribution in [-0.4, -0.2) is 6.61 Å². The van der Waals surface area contributed by atoms with Gasteiger partial charge in [-0.15, -0.1) is 0 Å². The number of hydrogen-bond acceptors (Lipinski definition) is 2. The van der Waals surface area contributed by atoms with E-state index in [0.29, 0.717) is 16.5 Å². The van der Waals surface area contributed by atoms with E-state index in [4.69, 9.17) is 33.7 Å². The van der Waals surface area contributed by atoms with Crippen molar-refractivity contribution in [1.82, 2.24) is 0 Å². The van der Waals surface area contributed by atoms with Gasteiger partial charge in [0.05, 0.1) is 6.61 Å². The summed E-state index contributed by atoms with van der Waals surface area (Å²) in [5, 5.41) is 1.33. The van der Waals surface area contributed by atoms with Crippen molar-refractivity contribution in [2.75, 3.05) is 6.61 Å². The largest absolute Gasteiger partial charge is 0.493 e. The Hall–Kier alpha value is -1.22.